The van der Waals surface area contributed by atoms with Crippen LogP contribution < -0.4 is 0 Å². The fraction of sp³-hybridized carbons (Fsp3) is 0.571. The molecule has 0 N–H and O–H groups in total. The Kier molecular flexibility index (Phi) is 5.03. The predicted octanol–water partition coefficient (Wildman–Crippen LogP) is 0.540. The Morgan fingerprint density at radius 2 is 2.05 bits per heavy atom. The zero-order valence-electron chi connectivity index (χ0n) is 12.0. The van der Waals surface area contributed by atoms with E-state index in [2.05, 4.69) is 14.8 Å². The molecule has 1 aromatic heterocycles. The largest absolute Gasteiger partial charge is 0.336 e. The van der Waals surface area contributed by atoms with Crippen molar-refractivity contribution >= 4 is 5.91 Å². The van der Waals surface area contributed by atoms with Gasteiger partial charge in [-0.25, -0.2) is 4.98 Å². The molecule has 0 aromatic carbocycles. The van der Waals surface area contributed by atoms with E-state index in [4.69, 9.17) is 0 Å². The minimum Gasteiger partial charge on any atom is -0.336 e. The molecule has 1 aromatic rings. The van der Waals surface area contributed by atoms with Crippen LogP contribution in [0.4, 0.5) is 4.39 Å². The van der Waals surface area contributed by atoms with Crippen LogP contribution in [0.5, 0.6) is 0 Å². The molecule has 0 bridgehead atoms. The third-order valence-corrected chi connectivity index (χ3v) is 3.51. The second kappa shape index (κ2) is 6.76. The van der Waals surface area contributed by atoms with Gasteiger partial charge in [-0.3, -0.25) is 9.69 Å². The minimum atomic E-state index is -0.687. The van der Waals surface area contributed by atoms with Gasteiger partial charge in [0, 0.05) is 45.5 Å². The maximum atomic E-state index is 13.5. The number of piperazine rings is 1. The number of halogens is 1. The summed E-state index contributed by atoms with van der Waals surface area (Å²) >= 11 is 0. The van der Waals surface area contributed by atoms with Crippen LogP contribution in [0.25, 0.3) is 0 Å². The Bertz CT molecular complexity index is 458. The topological polar surface area (TPSA) is 39.7 Å². The van der Waals surface area contributed by atoms with E-state index in [0.717, 1.165) is 26.2 Å². The molecule has 2 heterocycles. The SMILES string of the molecule is CN(C)CCN1CCN(C(=O)c2cccnc2F)CC1. The van der Waals surface area contributed by atoms with Crippen molar-refractivity contribution in [3.8, 4) is 0 Å². The number of rotatable bonds is 4. The highest BCUT2D eigenvalue weighted by atomic mass is 19.1. The number of likely N-dealkylation sites (N-methyl/N-ethyl adjacent to an activating group) is 1. The molecule has 2 rings (SSSR count). The first-order valence-electron chi connectivity index (χ1n) is 6.85. The first-order chi connectivity index (χ1) is 9.58. The highest BCUT2D eigenvalue weighted by molar-refractivity contribution is 5.94. The average Bonchev–Trinajstić information content (AvgIpc) is 2.45. The van der Waals surface area contributed by atoms with Crippen LogP contribution in [0.2, 0.25) is 0 Å². The van der Waals surface area contributed by atoms with Gasteiger partial charge in [0.15, 0.2) is 0 Å². The number of hydrogen-bond donors (Lipinski definition) is 0. The number of aromatic nitrogens is 1. The second-order valence-electron chi connectivity index (χ2n) is 5.28. The lowest BCUT2D eigenvalue weighted by atomic mass is 10.2. The predicted molar refractivity (Wildman–Crippen MR) is 75.1 cm³/mol. The van der Waals surface area contributed by atoms with Gasteiger partial charge in [0.1, 0.15) is 0 Å². The molecule has 0 unspecified atom stereocenters. The van der Waals surface area contributed by atoms with Crippen molar-refractivity contribution in [2.45, 2.75) is 0 Å². The smallest absolute Gasteiger partial charge is 0.258 e. The molecule has 0 aliphatic carbocycles. The van der Waals surface area contributed by atoms with Crippen molar-refractivity contribution in [1.82, 2.24) is 19.7 Å². The van der Waals surface area contributed by atoms with E-state index in [9.17, 15) is 9.18 Å². The zero-order chi connectivity index (χ0) is 14.5. The van der Waals surface area contributed by atoms with Crippen LogP contribution in [0.15, 0.2) is 18.3 Å². The van der Waals surface area contributed by atoms with Gasteiger partial charge in [-0.05, 0) is 26.2 Å². The molecule has 1 fully saturated rings. The van der Waals surface area contributed by atoms with Gasteiger partial charge in [-0.2, -0.15) is 4.39 Å². The molecular weight excluding hydrogens is 259 g/mol. The lowest BCUT2D eigenvalue weighted by Crippen LogP contribution is -2.50. The first-order valence-corrected chi connectivity index (χ1v) is 6.85. The van der Waals surface area contributed by atoms with Gasteiger partial charge < -0.3 is 9.80 Å². The Morgan fingerprint density at radius 1 is 1.35 bits per heavy atom. The van der Waals surface area contributed by atoms with Crippen LogP contribution in [0, 0.1) is 5.95 Å². The molecule has 6 heteroatoms. The van der Waals surface area contributed by atoms with Crippen molar-refractivity contribution < 1.29 is 9.18 Å². The van der Waals surface area contributed by atoms with E-state index in [1.807, 2.05) is 14.1 Å². The molecule has 5 nitrogen and oxygen atoms in total. The molecule has 1 aliphatic heterocycles. The molecular formula is C14H21FN4O. The number of hydrogen-bond acceptors (Lipinski definition) is 4. The van der Waals surface area contributed by atoms with Crippen molar-refractivity contribution in [2.75, 3.05) is 53.4 Å². The summed E-state index contributed by atoms with van der Waals surface area (Å²) in [5, 5.41) is 0. The van der Waals surface area contributed by atoms with Crippen LogP contribution >= 0.6 is 0 Å². The number of amides is 1. The number of nitrogens with zero attached hydrogens (tertiary/aromatic N) is 4. The monoisotopic (exact) mass is 280 g/mol. The van der Waals surface area contributed by atoms with Crippen LogP contribution in [0.1, 0.15) is 10.4 Å². The van der Waals surface area contributed by atoms with E-state index >= 15 is 0 Å². The highest BCUT2D eigenvalue weighted by Gasteiger charge is 2.24. The Morgan fingerprint density at radius 3 is 2.65 bits per heavy atom. The van der Waals surface area contributed by atoms with Crippen LogP contribution in [-0.4, -0.2) is 79.0 Å². The lowest BCUT2D eigenvalue weighted by molar-refractivity contribution is 0.0624. The van der Waals surface area contributed by atoms with Crippen molar-refractivity contribution in [1.29, 1.82) is 0 Å². The quantitative estimate of drug-likeness (QED) is 0.755. The summed E-state index contributed by atoms with van der Waals surface area (Å²) in [5.74, 6) is -0.949. The van der Waals surface area contributed by atoms with Gasteiger partial charge >= 0.3 is 0 Å². The molecule has 0 atom stereocenters. The molecule has 1 saturated heterocycles. The minimum absolute atomic E-state index is 0.0641. The maximum absolute atomic E-state index is 13.5. The Balaban J connectivity index is 1.88. The summed E-state index contributed by atoms with van der Waals surface area (Å²) < 4.78 is 13.5. The summed E-state index contributed by atoms with van der Waals surface area (Å²) in [6.07, 6.45) is 1.35. The first kappa shape index (κ1) is 14.9. The normalized spacial score (nSPS) is 16.7. The standard InChI is InChI=1S/C14H21FN4O/c1-17(2)6-7-18-8-10-19(11-9-18)14(20)12-4-3-5-16-13(12)15/h3-5H,6-11H2,1-2H3. The number of carbonyl (C=O) groups is 1. The van der Waals surface area contributed by atoms with E-state index in [1.165, 1.54) is 12.3 Å². The summed E-state index contributed by atoms with van der Waals surface area (Å²) in [4.78, 5) is 21.9. The van der Waals surface area contributed by atoms with Gasteiger partial charge in [-0.1, -0.05) is 0 Å². The molecule has 0 radical (unpaired) electrons. The van der Waals surface area contributed by atoms with Gasteiger partial charge in [0.05, 0.1) is 5.56 Å². The van der Waals surface area contributed by atoms with Crippen LogP contribution in [-0.2, 0) is 0 Å². The Hall–Kier alpha value is -1.53. The maximum Gasteiger partial charge on any atom is 0.258 e. The molecule has 1 amide bonds. The number of carbonyl (C=O) groups excluding carboxylic acids is 1. The third-order valence-electron chi connectivity index (χ3n) is 3.51. The van der Waals surface area contributed by atoms with Crippen LogP contribution in [0.3, 0.4) is 0 Å². The fourth-order valence-corrected chi connectivity index (χ4v) is 2.23. The zero-order valence-corrected chi connectivity index (χ0v) is 12.0. The fourth-order valence-electron chi connectivity index (χ4n) is 2.23. The van der Waals surface area contributed by atoms with E-state index in [1.54, 1.807) is 11.0 Å². The molecule has 1 aliphatic rings. The lowest BCUT2D eigenvalue weighted by Gasteiger charge is -2.35. The summed E-state index contributed by atoms with van der Waals surface area (Å²) in [6.45, 7) is 4.95. The molecule has 110 valence electrons. The van der Waals surface area contributed by atoms with Crippen molar-refractivity contribution in [2.24, 2.45) is 0 Å². The van der Waals surface area contributed by atoms with Gasteiger partial charge in [-0.15, -0.1) is 0 Å². The average molecular weight is 280 g/mol. The second-order valence-corrected chi connectivity index (χ2v) is 5.28. The third kappa shape index (κ3) is 3.74. The van der Waals surface area contributed by atoms with Crippen molar-refractivity contribution in [3.63, 3.8) is 0 Å². The summed E-state index contributed by atoms with van der Waals surface area (Å²) in [5.41, 5.74) is 0.0641. The van der Waals surface area contributed by atoms with E-state index in [-0.39, 0.29) is 11.5 Å². The van der Waals surface area contributed by atoms with Gasteiger partial charge in [0.2, 0.25) is 5.95 Å². The summed E-state index contributed by atoms with van der Waals surface area (Å²) in [6, 6.07) is 3.08. The summed E-state index contributed by atoms with van der Waals surface area (Å²) in [7, 11) is 4.09. The Labute approximate surface area is 119 Å². The van der Waals surface area contributed by atoms with Crippen molar-refractivity contribution in [3.05, 3.63) is 29.8 Å². The molecule has 20 heavy (non-hydrogen) atoms. The molecule has 0 spiro atoms. The van der Waals surface area contributed by atoms with E-state index < -0.39 is 5.95 Å². The van der Waals surface area contributed by atoms with E-state index in [0.29, 0.717) is 13.1 Å². The molecule has 0 saturated carbocycles. The number of pyridine rings is 1. The van der Waals surface area contributed by atoms with Gasteiger partial charge in [0.25, 0.3) is 5.91 Å². The highest BCUT2D eigenvalue weighted by Crippen LogP contribution is 2.10.